The fraction of sp³-hybridized carbons (Fsp3) is 0.538. The predicted octanol–water partition coefficient (Wildman–Crippen LogP) is 2.00. The van der Waals surface area contributed by atoms with Crippen LogP contribution < -0.4 is 10.7 Å². The van der Waals surface area contributed by atoms with Crippen molar-refractivity contribution in [2.24, 2.45) is 5.10 Å². The first-order valence-corrected chi connectivity index (χ1v) is 7.03. The van der Waals surface area contributed by atoms with Gasteiger partial charge in [0.2, 0.25) is 0 Å². The molecule has 0 bridgehead atoms. The first-order chi connectivity index (χ1) is 9.25. The van der Waals surface area contributed by atoms with E-state index in [2.05, 4.69) is 25.8 Å². The Morgan fingerprint density at radius 2 is 2.11 bits per heavy atom. The van der Waals surface area contributed by atoms with E-state index in [4.69, 9.17) is 12.2 Å². The summed E-state index contributed by atoms with van der Waals surface area (Å²) in [5.41, 5.74) is 4.38. The zero-order valence-corrected chi connectivity index (χ0v) is 11.9. The summed E-state index contributed by atoms with van der Waals surface area (Å²) in [6.45, 7) is 1.88. The van der Waals surface area contributed by atoms with E-state index in [9.17, 15) is 0 Å². The topological polar surface area (TPSA) is 62.2 Å². The summed E-state index contributed by atoms with van der Waals surface area (Å²) in [6, 6.07) is 0.487. The molecule has 1 aliphatic rings. The Morgan fingerprint density at radius 1 is 1.32 bits per heavy atom. The number of aromatic nitrogens is 2. The van der Waals surface area contributed by atoms with Crippen LogP contribution >= 0.6 is 12.2 Å². The van der Waals surface area contributed by atoms with Crippen molar-refractivity contribution < 1.29 is 0 Å². The van der Waals surface area contributed by atoms with Gasteiger partial charge < -0.3 is 5.32 Å². The van der Waals surface area contributed by atoms with Crippen LogP contribution in [0, 0.1) is 0 Å². The van der Waals surface area contributed by atoms with Crippen LogP contribution in [0.4, 0.5) is 0 Å². The molecule has 0 spiro atoms. The molecular formula is C13H19N5S. The van der Waals surface area contributed by atoms with E-state index in [0.29, 0.717) is 11.2 Å². The van der Waals surface area contributed by atoms with Crippen LogP contribution in [0.3, 0.4) is 0 Å². The fourth-order valence-electron chi connectivity index (χ4n) is 2.14. The van der Waals surface area contributed by atoms with E-state index in [1.54, 1.807) is 18.6 Å². The van der Waals surface area contributed by atoms with Gasteiger partial charge in [-0.1, -0.05) is 19.3 Å². The highest BCUT2D eigenvalue weighted by molar-refractivity contribution is 7.80. The normalized spacial score (nSPS) is 17.0. The smallest absolute Gasteiger partial charge is 0.187 e. The number of nitrogens with one attached hydrogen (secondary N) is 2. The van der Waals surface area contributed by atoms with E-state index in [0.717, 1.165) is 11.4 Å². The Bertz CT molecular complexity index is 440. The molecule has 2 rings (SSSR count). The Labute approximate surface area is 118 Å². The van der Waals surface area contributed by atoms with Gasteiger partial charge in [-0.25, -0.2) is 0 Å². The lowest BCUT2D eigenvalue weighted by Crippen LogP contribution is -2.41. The molecule has 1 heterocycles. The second-order valence-corrected chi connectivity index (χ2v) is 5.12. The third-order valence-electron chi connectivity index (χ3n) is 3.20. The van der Waals surface area contributed by atoms with E-state index < -0.39 is 0 Å². The standard InChI is InChI=1S/C13H19N5S/c1-10(12-9-14-7-8-15-12)17-18-13(19)16-11-5-3-2-4-6-11/h7-9,11H,2-6H2,1H3,(H2,16,18,19)/b17-10+. The molecule has 0 unspecified atom stereocenters. The van der Waals surface area contributed by atoms with Gasteiger partial charge in [0.15, 0.2) is 5.11 Å². The molecule has 1 saturated carbocycles. The molecule has 0 saturated heterocycles. The maximum absolute atomic E-state index is 5.24. The van der Waals surface area contributed by atoms with Crippen LogP contribution in [-0.2, 0) is 0 Å². The highest BCUT2D eigenvalue weighted by atomic mass is 32.1. The van der Waals surface area contributed by atoms with Crippen LogP contribution in [0.1, 0.15) is 44.7 Å². The Morgan fingerprint density at radius 3 is 2.79 bits per heavy atom. The summed E-state index contributed by atoms with van der Waals surface area (Å²) >= 11 is 5.24. The van der Waals surface area contributed by atoms with Gasteiger partial charge in [-0.05, 0) is 32.0 Å². The van der Waals surface area contributed by atoms with Crippen molar-refractivity contribution in [1.82, 2.24) is 20.7 Å². The van der Waals surface area contributed by atoms with Crippen LogP contribution in [0.25, 0.3) is 0 Å². The molecular weight excluding hydrogens is 258 g/mol. The van der Waals surface area contributed by atoms with Crippen LogP contribution in [-0.4, -0.2) is 26.8 Å². The van der Waals surface area contributed by atoms with Crippen molar-refractivity contribution in [2.75, 3.05) is 0 Å². The van der Waals surface area contributed by atoms with Gasteiger partial charge in [0.25, 0.3) is 0 Å². The maximum Gasteiger partial charge on any atom is 0.187 e. The largest absolute Gasteiger partial charge is 0.359 e. The first kappa shape index (κ1) is 13.9. The minimum absolute atomic E-state index is 0.487. The van der Waals surface area contributed by atoms with Crippen molar-refractivity contribution in [3.05, 3.63) is 24.3 Å². The van der Waals surface area contributed by atoms with Gasteiger partial charge in [0.05, 0.1) is 11.9 Å². The summed E-state index contributed by atoms with van der Waals surface area (Å²) in [4.78, 5) is 8.18. The lowest BCUT2D eigenvalue weighted by molar-refractivity contribution is 0.412. The van der Waals surface area contributed by atoms with Crippen molar-refractivity contribution in [2.45, 2.75) is 45.1 Å². The third kappa shape index (κ3) is 4.55. The Kier molecular flexibility index (Phi) is 5.20. The Hall–Kier alpha value is -1.56. The van der Waals surface area contributed by atoms with Crippen molar-refractivity contribution in [3.63, 3.8) is 0 Å². The molecule has 0 amide bonds. The molecule has 0 aromatic carbocycles. The molecule has 5 nitrogen and oxygen atoms in total. The van der Waals surface area contributed by atoms with Crippen molar-refractivity contribution >= 4 is 23.0 Å². The number of rotatable bonds is 3. The van der Waals surface area contributed by atoms with E-state index in [1.165, 1.54) is 32.1 Å². The summed E-state index contributed by atoms with van der Waals surface area (Å²) in [7, 11) is 0. The maximum atomic E-state index is 5.24. The molecule has 0 atom stereocenters. The van der Waals surface area contributed by atoms with Gasteiger partial charge in [-0.3, -0.25) is 15.4 Å². The van der Waals surface area contributed by atoms with Gasteiger partial charge in [0, 0.05) is 18.4 Å². The predicted molar refractivity (Wildman–Crippen MR) is 80.0 cm³/mol. The minimum atomic E-state index is 0.487. The second-order valence-electron chi connectivity index (χ2n) is 4.71. The first-order valence-electron chi connectivity index (χ1n) is 6.63. The Balaban J connectivity index is 1.82. The fourth-order valence-corrected chi connectivity index (χ4v) is 2.35. The molecule has 0 aliphatic heterocycles. The number of thiocarbonyl (C=S) groups is 1. The minimum Gasteiger partial charge on any atom is -0.359 e. The summed E-state index contributed by atoms with van der Waals surface area (Å²) in [6.07, 6.45) is 11.2. The quantitative estimate of drug-likeness (QED) is 0.503. The average molecular weight is 277 g/mol. The highest BCUT2D eigenvalue weighted by Crippen LogP contribution is 2.17. The molecule has 1 fully saturated rings. The summed E-state index contributed by atoms with van der Waals surface area (Å²) in [5.74, 6) is 0. The number of hydrogen-bond acceptors (Lipinski definition) is 4. The number of hydrogen-bond donors (Lipinski definition) is 2. The lowest BCUT2D eigenvalue weighted by Gasteiger charge is -2.23. The summed E-state index contributed by atoms with van der Waals surface area (Å²) < 4.78 is 0. The van der Waals surface area contributed by atoms with Gasteiger partial charge >= 0.3 is 0 Å². The number of hydrazone groups is 1. The number of nitrogens with zero attached hydrogens (tertiary/aromatic N) is 3. The van der Waals surface area contributed by atoms with Crippen molar-refractivity contribution in [1.29, 1.82) is 0 Å². The lowest BCUT2D eigenvalue weighted by atomic mass is 9.96. The molecule has 2 N–H and O–H groups in total. The zero-order chi connectivity index (χ0) is 13.5. The van der Waals surface area contributed by atoms with E-state index >= 15 is 0 Å². The molecule has 1 aromatic heterocycles. The van der Waals surface area contributed by atoms with Crippen LogP contribution in [0.2, 0.25) is 0 Å². The average Bonchev–Trinajstić information content (AvgIpc) is 2.47. The summed E-state index contributed by atoms with van der Waals surface area (Å²) in [5, 5.41) is 8.10. The SMILES string of the molecule is C/C(=N\NC(=S)NC1CCCCC1)c1cnccn1. The van der Waals surface area contributed by atoms with E-state index in [1.807, 2.05) is 6.92 Å². The second kappa shape index (κ2) is 7.13. The molecule has 1 aliphatic carbocycles. The van der Waals surface area contributed by atoms with Crippen LogP contribution in [0.5, 0.6) is 0 Å². The molecule has 102 valence electrons. The molecule has 0 radical (unpaired) electrons. The highest BCUT2D eigenvalue weighted by Gasteiger charge is 2.13. The third-order valence-corrected chi connectivity index (χ3v) is 3.41. The molecule has 19 heavy (non-hydrogen) atoms. The molecule has 1 aromatic rings. The zero-order valence-electron chi connectivity index (χ0n) is 11.1. The van der Waals surface area contributed by atoms with Gasteiger partial charge in [-0.2, -0.15) is 5.10 Å². The van der Waals surface area contributed by atoms with Gasteiger partial charge in [0.1, 0.15) is 5.69 Å². The van der Waals surface area contributed by atoms with Crippen molar-refractivity contribution in [3.8, 4) is 0 Å². The monoisotopic (exact) mass is 277 g/mol. The van der Waals surface area contributed by atoms with Gasteiger partial charge in [-0.15, -0.1) is 0 Å². The van der Waals surface area contributed by atoms with E-state index in [-0.39, 0.29) is 0 Å². The molecule has 6 heteroatoms. The van der Waals surface area contributed by atoms with Crippen LogP contribution in [0.15, 0.2) is 23.7 Å².